The van der Waals surface area contributed by atoms with Gasteiger partial charge in [-0.25, -0.2) is 4.98 Å². The maximum absolute atomic E-state index is 12.1. The lowest BCUT2D eigenvalue weighted by Crippen LogP contribution is -2.49. The Morgan fingerprint density at radius 3 is 2.47 bits per heavy atom. The van der Waals surface area contributed by atoms with Gasteiger partial charge < -0.3 is 15.8 Å². The molecule has 182 valence electrons. The van der Waals surface area contributed by atoms with Crippen LogP contribution in [-0.2, 0) is 21.5 Å². The molecule has 4 N–H and O–H groups in total. The van der Waals surface area contributed by atoms with Gasteiger partial charge in [0, 0.05) is 23.3 Å². The van der Waals surface area contributed by atoms with Gasteiger partial charge in [0.15, 0.2) is 6.10 Å². The smallest absolute Gasteiger partial charge is 0.272 e. The third kappa shape index (κ3) is 5.90. The van der Waals surface area contributed by atoms with Gasteiger partial charge in [0.25, 0.3) is 16.0 Å². The van der Waals surface area contributed by atoms with E-state index in [-0.39, 0.29) is 5.75 Å². The van der Waals surface area contributed by atoms with Gasteiger partial charge in [-0.1, -0.05) is 55.2 Å². The van der Waals surface area contributed by atoms with Gasteiger partial charge in [-0.2, -0.15) is 8.42 Å². The van der Waals surface area contributed by atoms with Crippen LogP contribution in [0.1, 0.15) is 25.1 Å². The number of pyridine rings is 1. The number of halogens is 2. The standard InChI is InChI=1S/C23H25Cl2N3O5S/c1-12(2)22(34(30,31)32)21(23(26)29)33-19-6-4-5-15-18(9-13(3)28-20(15)19)27-11-14-7-8-16(24)17(25)10-14/h4-10,12,21-22H,11H2,1-3H3,(H2,26,29)(H,27,28)(H,30,31,32). The van der Waals surface area contributed by atoms with Crippen LogP contribution in [0.5, 0.6) is 5.75 Å². The Morgan fingerprint density at radius 2 is 1.88 bits per heavy atom. The fourth-order valence-corrected chi connectivity index (χ4v) is 5.22. The molecule has 0 aliphatic heterocycles. The van der Waals surface area contributed by atoms with Crippen molar-refractivity contribution >= 4 is 55.8 Å². The highest BCUT2D eigenvalue weighted by molar-refractivity contribution is 7.86. The van der Waals surface area contributed by atoms with Crippen molar-refractivity contribution in [2.24, 2.45) is 11.7 Å². The summed E-state index contributed by atoms with van der Waals surface area (Å²) in [5.41, 5.74) is 8.18. The number of nitrogens with zero attached hydrogens (tertiary/aromatic N) is 1. The van der Waals surface area contributed by atoms with Crippen LogP contribution in [0, 0.1) is 12.8 Å². The van der Waals surface area contributed by atoms with E-state index in [0.29, 0.717) is 33.2 Å². The topological polar surface area (TPSA) is 132 Å². The molecule has 0 saturated heterocycles. The Morgan fingerprint density at radius 1 is 1.18 bits per heavy atom. The molecule has 11 heteroatoms. The predicted molar refractivity (Wildman–Crippen MR) is 134 cm³/mol. The second-order valence-corrected chi connectivity index (χ2v) is 10.6. The monoisotopic (exact) mass is 525 g/mol. The summed E-state index contributed by atoms with van der Waals surface area (Å²) in [5.74, 6) is -1.49. The number of para-hydroxylation sites is 1. The number of hydrogen-bond donors (Lipinski definition) is 3. The van der Waals surface area contributed by atoms with E-state index in [1.165, 1.54) is 0 Å². The summed E-state index contributed by atoms with van der Waals surface area (Å²) in [5, 5.41) is 3.38. The molecule has 34 heavy (non-hydrogen) atoms. The number of nitrogens with one attached hydrogen (secondary N) is 1. The predicted octanol–water partition coefficient (Wildman–Crippen LogP) is 4.61. The van der Waals surface area contributed by atoms with Crippen molar-refractivity contribution in [3.05, 3.63) is 63.8 Å². The molecule has 2 unspecified atom stereocenters. The molecule has 1 amide bonds. The zero-order valence-corrected chi connectivity index (χ0v) is 21.1. The molecular formula is C23H25Cl2N3O5S. The molecular weight excluding hydrogens is 501 g/mol. The summed E-state index contributed by atoms with van der Waals surface area (Å²) in [6.45, 7) is 5.34. The number of hydrogen-bond acceptors (Lipinski definition) is 6. The van der Waals surface area contributed by atoms with Crippen molar-refractivity contribution in [3.8, 4) is 5.75 Å². The average Bonchev–Trinajstić information content (AvgIpc) is 2.73. The molecule has 0 saturated carbocycles. The lowest BCUT2D eigenvalue weighted by atomic mass is 10.0. The summed E-state index contributed by atoms with van der Waals surface area (Å²) in [4.78, 5) is 16.7. The van der Waals surface area contributed by atoms with Crippen LogP contribution in [0.25, 0.3) is 10.9 Å². The minimum atomic E-state index is -4.62. The molecule has 3 aromatic rings. The van der Waals surface area contributed by atoms with Crippen LogP contribution in [-0.4, -0.2) is 35.2 Å². The number of fused-ring (bicyclic) bond motifs is 1. The van der Waals surface area contributed by atoms with Gasteiger partial charge in [0.1, 0.15) is 16.5 Å². The molecule has 3 rings (SSSR count). The van der Waals surface area contributed by atoms with Crippen LogP contribution >= 0.6 is 23.2 Å². The maximum Gasteiger partial charge on any atom is 0.272 e. The molecule has 2 atom stereocenters. The number of rotatable bonds is 9. The van der Waals surface area contributed by atoms with Gasteiger partial charge in [0.05, 0.1) is 10.0 Å². The fourth-order valence-electron chi connectivity index (χ4n) is 3.71. The third-order valence-electron chi connectivity index (χ3n) is 5.23. The van der Waals surface area contributed by atoms with Crippen LogP contribution in [0.3, 0.4) is 0 Å². The number of carbonyl (C=O) groups is 1. The van der Waals surface area contributed by atoms with Crippen molar-refractivity contribution < 1.29 is 22.5 Å². The van der Waals surface area contributed by atoms with Gasteiger partial charge in [-0.15, -0.1) is 0 Å². The highest BCUT2D eigenvalue weighted by Crippen LogP contribution is 2.32. The summed E-state index contributed by atoms with van der Waals surface area (Å²) in [6.07, 6.45) is -1.62. The Kier molecular flexibility index (Phi) is 7.92. The second-order valence-electron chi connectivity index (χ2n) is 8.23. The number of amides is 1. The van der Waals surface area contributed by atoms with Gasteiger partial charge >= 0.3 is 0 Å². The first-order valence-corrected chi connectivity index (χ1v) is 12.6. The normalized spacial score (nSPS) is 13.6. The van der Waals surface area contributed by atoms with Crippen molar-refractivity contribution in [2.75, 3.05) is 5.32 Å². The van der Waals surface area contributed by atoms with E-state index >= 15 is 0 Å². The van der Waals surface area contributed by atoms with Gasteiger partial charge in [-0.05, 0) is 42.7 Å². The minimum absolute atomic E-state index is 0.164. The average molecular weight is 526 g/mol. The molecule has 8 nitrogen and oxygen atoms in total. The number of nitrogens with two attached hydrogens (primary N) is 1. The molecule has 0 spiro atoms. The lowest BCUT2D eigenvalue weighted by molar-refractivity contribution is -0.125. The molecule has 1 aromatic heterocycles. The number of aromatic nitrogens is 1. The number of primary amides is 1. The quantitative estimate of drug-likeness (QED) is 0.347. The third-order valence-corrected chi connectivity index (χ3v) is 7.45. The summed E-state index contributed by atoms with van der Waals surface area (Å²) < 4.78 is 39.4. The van der Waals surface area contributed by atoms with E-state index in [4.69, 9.17) is 33.7 Å². The van der Waals surface area contributed by atoms with Gasteiger partial charge in [0.2, 0.25) is 0 Å². The maximum atomic E-state index is 12.1. The second kappa shape index (κ2) is 10.4. The van der Waals surface area contributed by atoms with E-state index in [1.54, 1.807) is 45.0 Å². The van der Waals surface area contributed by atoms with Crippen molar-refractivity contribution in [2.45, 2.75) is 38.7 Å². The number of aryl methyl sites for hydroxylation is 1. The number of ether oxygens (including phenoxy) is 1. The van der Waals surface area contributed by atoms with E-state index in [2.05, 4.69) is 10.3 Å². The first kappa shape index (κ1) is 26.0. The van der Waals surface area contributed by atoms with Crippen molar-refractivity contribution in [1.82, 2.24) is 4.98 Å². The first-order chi connectivity index (χ1) is 15.9. The first-order valence-electron chi connectivity index (χ1n) is 10.4. The van der Waals surface area contributed by atoms with E-state index in [0.717, 1.165) is 11.3 Å². The van der Waals surface area contributed by atoms with E-state index in [9.17, 15) is 17.8 Å². The molecule has 0 fully saturated rings. The summed E-state index contributed by atoms with van der Waals surface area (Å²) in [7, 11) is -4.62. The number of benzene rings is 2. The molecule has 1 heterocycles. The number of carbonyl (C=O) groups excluding carboxylic acids is 1. The fraction of sp³-hybridized carbons (Fsp3) is 0.304. The lowest BCUT2D eigenvalue weighted by Gasteiger charge is -2.26. The zero-order chi connectivity index (χ0) is 25.2. The number of anilines is 1. The van der Waals surface area contributed by atoms with Gasteiger partial charge in [-0.3, -0.25) is 9.35 Å². The van der Waals surface area contributed by atoms with Crippen molar-refractivity contribution in [1.29, 1.82) is 0 Å². The van der Waals surface area contributed by atoms with E-state index in [1.807, 2.05) is 18.2 Å². The van der Waals surface area contributed by atoms with Crippen LogP contribution in [0.2, 0.25) is 10.0 Å². The van der Waals surface area contributed by atoms with Crippen LogP contribution < -0.4 is 15.8 Å². The minimum Gasteiger partial charge on any atom is -0.477 e. The Balaban J connectivity index is 2.00. The molecule has 0 aliphatic rings. The highest BCUT2D eigenvalue weighted by Gasteiger charge is 2.40. The Bertz CT molecular complexity index is 1330. The largest absolute Gasteiger partial charge is 0.477 e. The summed E-state index contributed by atoms with van der Waals surface area (Å²) in [6, 6.07) is 12.3. The molecule has 0 bridgehead atoms. The summed E-state index contributed by atoms with van der Waals surface area (Å²) >= 11 is 12.1. The van der Waals surface area contributed by atoms with Crippen LogP contribution in [0.4, 0.5) is 5.69 Å². The van der Waals surface area contributed by atoms with E-state index < -0.39 is 33.3 Å². The van der Waals surface area contributed by atoms with Crippen LogP contribution in [0.15, 0.2) is 42.5 Å². The van der Waals surface area contributed by atoms with Crippen molar-refractivity contribution in [3.63, 3.8) is 0 Å². The Hall–Kier alpha value is -2.59. The Labute approximate surface area is 208 Å². The zero-order valence-electron chi connectivity index (χ0n) is 18.7. The molecule has 2 aromatic carbocycles. The highest BCUT2D eigenvalue weighted by atomic mass is 35.5. The molecule has 0 radical (unpaired) electrons. The molecule has 0 aliphatic carbocycles. The SMILES string of the molecule is Cc1cc(NCc2ccc(Cl)c(Cl)c2)c2cccc(OC(C(N)=O)C(C(C)C)S(=O)(=O)O)c2n1.